The van der Waals surface area contributed by atoms with Crippen LogP contribution >= 0.6 is 0 Å². The monoisotopic (exact) mass is 326 g/mol. The van der Waals surface area contributed by atoms with E-state index < -0.39 is 0 Å². The summed E-state index contributed by atoms with van der Waals surface area (Å²) in [5, 5.41) is 0. The molecule has 0 spiro atoms. The molecule has 24 heavy (non-hydrogen) atoms. The molecule has 0 saturated carbocycles. The van der Waals surface area contributed by atoms with Crippen LogP contribution in [0.3, 0.4) is 0 Å². The molecule has 0 unspecified atom stereocenters. The van der Waals surface area contributed by atoms with Gasteiger partial charge in [-0.1, -0.05) is 12.1 Å². The number of ketones is 1. The summed E-state index contributed by atoms with van der Waals surface area (Å²) >= 11 is 0. The fourth-order valence-corrected chi connectivity index (χ4v) is 3.32. The number of amides is 1. The van der Waals surface area contributed by atoms with Crippen LogP contribution in [0.2, 0.25) is 0 Å². The van der Waals surface area contributed by atoms with Gasteiger partial charge in [-0.05, 0) is 43.5 Å². The van der Waals surface area contributed by atoms with E-state index in [4.69, 9.17) is 4.74 Å². The first kappa shape index (κ1) is 16.3. The number of Topliss-reactive ketones (excluding diaryl/α,β-unsaturated/α-hetero) is 1. The number of carbonyl (C=O) groups excluding carboxylic acids is 2. The molecule has 3 rings (SSSR count). The lowest BCUT2D eigenvalue weighted by atomic mass is 10.0. The Hall–Kier alpha value is -2.56. The number of aromatic nitrogens is 1. The Labute approximate surface area is 141 Å². The second-order valence-electron chi connectivity index (χ2n) is 6.21. The molecule has 1 aliphatic heterocycles. The topological polar surface area (TPSA) is 51.5 Å². The number of likely N-dealkylation sites (tertiary alicyclic amines) is 1. The van der Waals surface area contributed by atoms with E-state index in [2.05, 4.69) is 0 Å². The number of ether oxygens (including phenoxy) is 1. The summed E-state index contributed by atoms with van der Waals surface area (Å²) in [6.45, 7) is 2.24. The maximum absolute atomic E-state index is 13.0. The Balaban J connectivity index is 1.90. The number of methoxy groups -OCH3 is 1. The first-order valence-electron chi connectivity index (χ1n) is 8.13. The molecule has 1 aromatic carbocycles. The number of hydrogen-bond acceptors (Lipinski definition) is 3. The van der Waals surface area contributed by atoms with E-state index in [0.717, 1.165) is 30.7 Å². The second kappa shape index (κ2) is 6.51. The molecule has 1 saturated heterocycles. The molecule has 0 radical (unpaired) electrons. The van der Waals surface area contributed by atoms with Crippen molar-refractivity contribution in [3.05, 3.63) is 53.3 Å². The minimum absolute atomic E-state index is 0.0320. The lowest BCUT2D eigenvalue weighted by Gasteiger charge is -2.25. The average Bonchev–Trinajstić information content (AvgIpc) is 3.21. The predicted octanol–water partition coefficient (Wildman–Crippen LogP) is 3.21. The quantitative estimate of drug-likeness (QED) is 0.811. The number of hydrogen-bond donors (Lipinski definition) is 0. The molecule has 0 aliphatic carbocycles. The minimum atomic E-state index is -0.0321. The predicted molar refractivity (Wildman–Crippen MR) is 91.4 cm³/mol. The molecule has 5 heteroatoms. The van der Waals surface area contributed by atoms with E-state index >= 15 is 0 Å². The normalized spacial score (nSPS) is 17.1. The van der Waals surface area contributed by atoms with Crippen LogP contribution in [0.5, 0.6) is 5.75 Å². The van der Waals surface area contributed by atoms with Crippen molar-refractivity contribution in [1.82, 2.24) is 9.47 Å². The van der Waals surface area contributed by atoms with Crippen LogP contribution in [-0.4, -0.2) is 34.8 Å². The van der Waals surface area contributed by atoms with Gasteiger partial charge in [-0.25, -0.2) is 0 Å². The summed E-state index contributed by atoms with van der Waals surface area (Å²) < 4.78 is 7.03. The Morgan fingerprint density at radius 1 is 1.25 bits per heavy atom. The van der Waals surface area contributed by atoms with Gasteiger partial charge in [0.25, 0.3) is 5.91 Å². The van der Waals surface area contributed by atoms with Crippen LogP contribution in [0.15, 0.2) is 36.5 Å². The van der Waals surface area contributed by atoms with Crippen molar-refractivity contribution >= 4 is 11.7 Å². The van der Waals surface area contributed by atoms with Gasteiger partial charge in [0.1, 0.15) is 11.4 Å². The standard InChI is InChI=1S/C19H22N2O3/c1-13(22)15-11-18(20(2)12-15)19(23)21-9-5-8-17(21)14-6-4-7-16(10-14)24-3/h4,6-7,10-12,17H,5,8-9H2,1-3H3/t17-/m1/s1. The van der Waals surface area contributed by atoms with Gasteiger partial charge in [0.05, 0.1) is 13.2 Å². The lowest BCUT2D eigenvalue weighted by Crippen LogP contribution is -2.31. The SMILES string of the molecule is COc1cccc([C@H]2CCCN2C(=O)c2cc(C(C)=O)cn2C)c1. The number of rotatable bonds is 4. The summed E-state index contributed by atoms with van der Waals surface area (Å²) in [5.41, 5.74) is 2.20. The van der Waals surface area contributed by atoms with Crippen LogP contribution in [0.25, 0.3) is 0 Å². The molecule has 1 fully saturated rings. The maximum atomic E-state index is 13.0. The summed E-state index contributed by atoms with van der Waals surface area (Å²) in [5.74, 6) is 0.732. The first-order chi connectivity index (χ1) is 11.5. The van der Waals surface area contributed by atoms with Crippen molar-refractivity contribution in [1.29, 1.82) is 0 Å². The molecule has 2 aromatic rings. The minimum Gasteiger partial charge on any atom is -0.497 e. The third-order valence-corrected chi connectivity index (χ3v) is 4.62. The highest BCUT2D eigenvalue weighted by atomic mass is 16.5. The number of aryl methyl sites for hydroxylation is 1. The Morgan fingerprint density at radius 3 is 2.71 bits per heavy atom. The van der Waals surface area contributed by atoms with E-state index in [1.807, 2.05) is 29.2 Å². The van der Waals surface area contributed by atoms with Crippen molar-refractivity contribution in [2.75, 3.05) is 13.7 Å². The number of benzene rings is 1. The lowest BCUT2D eigenvalue weighted by molar-refractivity contribution is 0.0725. The third kappa shape index (κ3) is 2.94. The van der Waals surface area contributed by atoms with Crippen LogP contribution < -0.4 is 4.74 Å². The molecule has 2 heterocycles. The highest BCUT2D eigenvalue weighted by molar-refractivity contribution is 5.99. The zero-order valence-corrected chi connectivity index (χ0v) is 14.3. The zero-order valence-electron chi connectivity index (χ0n) is 14.3. The maximum Gasteiger partial charge on any atom is 0.271 e. The molecular formula is C19H22N2O3. The molecule has 0 bridgehead atoms. The van der Waals surface area contributed by atoms with Crippen molar-refractivity contribution < 1.29 is 14.3 Å². The summed E-state index contributed by atoms with van der Waals surface area (Å²) in [4.78, 5) is 26.5. The molecule has 5 nitrogen and oxygen atoms in total. The van der Waals surface area contributed by atoms with Crippen molar-refractivity contribution in [2.24, 2.45) is 7.05 Å². The number of nitrogens with zero attached hydrogens (tertiary/aromatic N) is 2. The highest BCUT2D eigenvalue weighted by Crippen LogP contribution is 2.34. The van der Waals surface area contributed by atoms with E-state index in [1.165, 1.54) is 6.92 Å². The molecule has 1 amide bonds. The Bertz CT molecular complexity index is 779. The van der Waals surface area contributed by atoms with Crippen LogP contribution in [0.1, 0.15) is 52.2 Å². The summed E-state index contributed by atoms with van der Waals surface area (Å²) in [6.07, 6.45) is 3.62. The molecular weight excluding hydrogens is 304 g/mol. The summed E-state index contributed by atoms with van der Waals surface area (Å²) in [6, 6.07) is 9.61. The van der Waals surface area contributed by atoms with Gasteiger partial charge in [-0.2, -0.15) is 0 Å². The Kier molecular flexibility index (Phi) is 4.42. The molecule has 0 N–H and O–H groups in total. The molecule has 1 aliphatic rings. The third-order valence-electron chi connectivity index (χ3n) is 4.62. The van der Waals surface area contributed by atoms with Crippen LogP contribution in [-0.2, 0) is 7.05 Å². The average molecular weight is 326 g/mol. The Morgan fingerprint density at radius 2 is 2.04 bits per heavy atom. The van der Waals surface area contributed by atoms with Gasteiger partial charge in [-0.3, -0.25) is 9.59 Å². The van der Waals surface area contributed by atoms with Crippen LogP contribution in [0, 0.1) is 0 Å². The van der Waals surface area contributed by atoms with Gasteiger partial charge in [0.15, 0.2) is 5.78 Å². The summed E-state index contributed by atoms with van der Waals surface area (Å²) in [7, 11) is 3.44. The van der Waals surface area contributed by atoms with Crippen molar-refractivity contribution in [2.45, 2.75) is 25.8 Å². The molecule has 1 aromatic heterocycles. The fraction of sp³-hybridized carbons (Fsp3) is 0.368. The van der Waals surface area contributed by atoms with Gasteiger partial charge in [0.2, 0.25) is 0 Å². The van der Waals surface area contributed by atoms with Gasteiger partial charge in [0, 0.05) is 25.4 Å². The van der Waals surface area contributed by atoms with Crippen molar-refractivity contribution in [3.8, 4) is 5.75 Å². The smallest absolute Gasteiger partial charge is 0.271 e. The van der Waals surface area contributed by atoms with Gasteiger partial charge >= 0.3 is 0 Å². The van der Waals surface area contributed by atoms with E-state index in [0.29, 0.717) is 11.3 Å². The van der Waals surface area contributed by atoms with E-state index in [-0.39, 0.29) is 17.7 Å². The number of carbonyl (C=O) groups is 2. The van der Waals surface area contributed by atoms with E-state index in [9.17, 15) is 9.59 Å². The van der Waals surface area contributed by atoms with Crippen molar-refractivity contribution in [3.63, 3.8) is 0 Å². The largest absolute Gasteiger partial charge is 0.497 e. The first-order valence-corrected chi connectivity index (χ1v) is 8.13. The van der Waals surface area contributed by atoms with Crippen LogP contribution in [0.4, 0.5) is 0 Å². The molecule has 1 atom stereocenters. The zero-order chi connectivity index (χ0) is 17.3. The fourth-order valence-electron chi connectivity index (χ4n) is 3.32. The van der Waals surface area contributed by atoms with Gasteiger partial charge in [-0.15, -0.1) is 0 Å². The van der Waals surface area contributed by atoms with Gasteiger partial charge < -0.3 is 14.2 Å². The highest BCUT2D eigenvalue weighted by Gasteiger charge is 2.32. The van der Waals surface area contributed by atoms with E-state index in [1.54, 1.807) is 31.0 Å². The molecule has 126 valence electrons. The second-order valence-corrected chi connectivity index (χ2v) is 6.21.